The fraction of sp³-hybridized carbons (Fsp3) is 0.643. The molecule has 0 aliphatic carbocycles. The lowest BCUT2D eigenvalue weighted by Crippen LogP contribution is -2.51. The van der Waals surface area contributed by atoms with Crippen molar-refractivity contribution < 1.29 is 8.42 Å². The molecule has 6 nitrogen and oxygen atoms in total. The van der Waals surface area contributed by atoms with Gasteiger partial charge in [0.1, 0.15) is 10.7 Å². The van der Waals surface area contributed by atoms with Crippen LogP contribution >= 0.6 is 0 Å². The smallest absolute Gasteiger partial charge is 0.246 e. The molecule has 0 saturated carbocycles. The fourth-order valence-electron chi connectivity index (χ4n) is 3.22. The Morgan fingerprint density at radius 2 is 2.24 bits per heavy atom. The molecule has 0 spiro atoms. The maximum absolute atomic E-state index is 12.9. The minimum Gasteiger partial charge on any atom is -0.369 e. The molecule has 2 saturated heterocycles. The third-order valence-corrected chi connectivity index (χ3v) is 6.18. The largest absolute Gasteiger partial charge is 0.369 e. The van der Waals surface area contributed by atoms with E-state index in [2.05, 4.69) is 15.2 Å². The van der Waals surface area contributed by atoms with Gasteiger partial charge in [-0.3, -0.25) is 4.90 Å². The maximum Gasteiger partial charge on any atom is 0.246 e. The second kappa shape index (κ2) is 5.90. The van der Waals surface area contributed by atoms with Crippen LogP contribution in [0.15, 0.2) is 23.2 Å². The van der Waals surface area contributed by atoms with E-state index in [0.29, 0.717) is 36.4 Å². The SMILES string of the molecule is CCNc1ncccc1S(=O)(=O)N1CCN2CCCC2C1. The summed E-state index contributed by atoms with van der Waals surface area (Å²) in [6.07, 6.45) is 3.89. The second-order valence-corrected chi connectivity index (χ2v) is 7.48. The molecule has 0 aromatic carbocycles. The molecule has 1 unspecified atom stereocenters. The summed E-state index contributed by atoms with van der Waals surface area (Å²) in [5, 5.41) is 3.04. The van der Waals surface area contributed by atoms with E-state index in [0.717, 1.165) is 19.5 Å². The van der Waals surface area contributed by atoms with Crippen molar-refractivity contribution in [1.29, 1.82) is 0 Å². The van der Waals surface area contributed by atoms with Gasteiger partial charge in [0.15, 0.2) is 0 Å². The molecular formula is C14H22N4O2S. The zero-order valence-corrected chi connectivity index (χ0v) is 13.1. The van der Waals surface area contributed by atoms with E-state index in [1.807, 2.05) is 6.92 Å². The Kier molecular flexibility index (Phi) is 4.14. The number of hydrogen-bond acceptors (Lipinski definition) is 5. The van der Waals surface area contributed by atoms with E-state index in [4.69, 9.17) is 0 Å². The average Bonchev–Trinajstić information content (AvgIpc) is 2.95. The van der Waals surface area contributed by atoms with Crippen molar-refractivity contribution >= 4 is 15.8 Å². The molecule has 0 amide bonds. The summed E-state index contributed by atoms with van der Waals surface area (Å²) in [5.41, 5.74) is 0. The highest BCUT2D eigenvalue weighted by Gasteiger charge is 2.37. The van der Waals surface area contributed by atoms with E-state index < -0.39 is 10.0 Å². The third-order valence-electron chi connectivity index (χ3n) is 4.28. The summed E-state index contributed by atoms with van der Waals surface area (Å²) in [6, 6.07) is 3.70. The van der Waals surface area contributed by atoms with Crippen molar-refractivity contribution in [2.24, 2.45) is 0 Å². The van der Waals surface area contributed by atoms with Crippen LogP contribution in [0.5, 0.6) is 0 Å². The lowest BCUT2D eigenvalue weighted by molar-refractivity contribution is 0.158. The number of sulfonamides is 1. The van der Waals surface area contributed by atoms with Crippen molar-refractivity contribution in [3.63, 3.8) is 0 Å². The molecular weight excluding hydrogens is 288 g/mol. The predicted octanol–water partition coefficient (Wildman–Crippen LogP) is 0.982. The summed E-state index contributed by atoms with van der Waals surface area (Å²) in [4.78, 5) is 6.86. The molecule has 3 heterocycles. The molecule has 0 bridgehead atoms. The molecule has 2 aliphatic heterocycles. The molecule has 1 atom stereocenters. The molecule has 3 rings (SSSR count). The third kappa shape index (κ3) is 2.77. The van der Waals surface area contributed by atoms with Gasteiger partial charge in [0, 0.05) is 38.4 Å². The molecule has 116 valence electrons. The zero-order valence-electron chi connectivity index (χ0n) is 12.3. The van der Waals surface area contributed by atoms with Crippen LogP contribution in [0.25, 0.3) is 0 Å². The Hall–Kier alpha value is -1.18. The van der Waals surface area contributed by atoms with E-state index in [9.17, 15) is 8.42 Å². The number of nitrogens with zero attached hydrogens (tertiary/aromatic N) is 3. The van der Waals surface area contributed by atoms with Gasteiger partial charge in [-0.25, -0.2) is 13.4 Å². The van der Waals surface area contributed by atoms with Crippen molar-refractivity contribution in [3.05, 3.63) is 18.3 Å². The van der Waals surface area contributed by atoms with Crippen LogP contribution in [0, 0.1) is 0 Å². The first-order valence-corrected chi connectivity index (χ1v) is 9.00. The lowest BCUT2D eigenvalue weighted by Gasteiger charge is -2.36. The van der Waals surface area contributed by atoms with E-state index in [-0.39, 0.29) is 0 Å². The molecule has 1 N–H and O–H groups in total. The Bertz CT molecular complexity index is 605. The topological polar surface area (TPSA) is 65.5 Å². The van der Waals surface area contributed by atoms with Gasteiger partial charge in [-0.15, -0.1) is 0 Å². The van der Waals surface area contributed by atoms with Gasteiger partial charge in [0.05, 0.1) is 0 Å². The summed E-state index contributed by atoms with van der Waals surface area (Å²) < 4.78 is 27.4. The molecule has 0 radical (unpaired) electrons. The number of piperazine rings is 1. The normalized spacial score (nSPS) is 24.0. The number of hydrogen-bond donors (Lipinski definition) is 1. The second-order valence-electron chi connectivity index (χ2n) is 5.58. The Labute approximate surface area is 126 Å². The predicted molar refractivity (Wildman–Crippen MR) is 81.8 cm³/mol. The summed E-state index contributed by atoms with van der Waals surface area (Å²) >= 11 is 0. The minimum absolute atomic E-state index is 0.290. The first-order chi connectivity index (χ1) is 10.1. The van der Waals surface area contributed by atoms with Crippen molar-refractivity contribution in [1.82, 2.24) is 14.2 Å². The molecule has 21 heavy (non-hydrogen) atoms. The van der Waals surface area contributed by atoms with Crippen LogP contribution < -0.4 is 5.32 Å². The van der Waals surface area contributed by atoms with Crippen LogP contribution in [0.1, 0.15) is 19.8 Å². The number of fused-ring (bicyclic) bond motifs is 1. The van der Waals surface area contributed by atoms with Gasteiger partial charge < -0.3 is 5.32 Å². The van der Waals surface area contributed by atoms with Crippen LogP contribution in [-0.4, -0.2) is 61.4 Å². The van der Waals surface area contributed by atoms with Gasteiger partial charge in [0.25, 0.3) is 0 Å². The van der Waals surface area contributed by atoms with Crippen LogP contribution in [-0.2, 0) is 10.0 Å². The maximum atomic E-state index is 12.9. The molecule has 7 heteroatoms. The Morgan fingerprint density at radius 3 is 3.05 bits per heavy atom. The van der Waals surface area contributed by atoms with E-state index in [1.165, 1.54) is 6.42 Å². The average molecular weight is 310 g/mol. The zero-order chi connectivity index (χ0) is 14.9. The van der Waals surface area contributed by atoms with Gasteiger partial charge in [-0.1, -0.05) is 0 Å². The number of aromatic nitrogens is 1. The van der Waals surface area contributed by atoms with Crippen molar-refractivity contribution in [3.8, 4) is 0 Å². The summed E-state index contributed by atoms with van der Waals surface area (Å²) in [5.74, 6) is 0.453. The highest BCUT2D eigenvalue weighted by atomic mass is 32.2. The molecule has 1 aromatic heterocycles. The first kappa shape index (κ1) is 14.7. The van der Waals surface area contributed by atoms with Gasteiger partial charge in [-0.2, -0.15) is 4.31 Å². The Balaban J connectivity index is 1.87. The number of nitrogens with one attached hydrogen (secondary N) is 1. The summed E-state index contributed by atoms with van der Waals surface area (Å²) in [7, 11) is -3.47. The Morgan fingerprint density at radius 1 is 1.38 bits per heavy atom. The van der Waals surface area contributed by atoms with Crippen molar-refractivity contribution in [2.75, 3.05) is 38.0 Å². The van der Waals surface area contributed by atoms with Gasteiger partial charge in [-0.05, 0) is 38.4 Å². The first-order valence-electron chi connectivity index (χ1n) is 7.56. The fourth-order valence-corrected chi connectivity index (χ4v) is 4.81. The van der Waals surface area contributed by atoms with Crippen molar-refractivity contribution in [2.45, 2.75) is 30.7 Å². The van der Waals surface area contributed by atoms with Crippen LogP contribution in [0.2, 0.25) is 0 Å². The van der Waals surface area contributed by atoms with E-state index >= 15 is 0 Å². The van der Waals surface area contributed by atoms with Gasteiger partial charge >= 0.3 is 0 Å². The standard InChI is InChI=1S/C14H22N4O2S/c1-2-15-14-13(6-3-7-16-14)21(19,20)18-10-9-17-8-4-5-12(17)11-18/h3,6-7,12H,2,4-5,8-11H2,1H3,(H,15,16). The number of anilines is 1. The molecule has 1 aromatic rings. The molecule has 2 fully saturated rings. The van der Waals surface area contributed by atoms with Crippen LogP contribution in [0.3, 0.4) is 0 Å². The summed E-state index contributed by atoms with van der Waals surface area (Å²) in [6.45, 7) is 5.69. The monoisotopic (exact) mass is 310 g/mol. The van der Waals surface area contributed by atoms with Gasteiger partial charge in [0.2, 0.25) is 10.0 Å². The quantitative estimate of drug-likeness (QED) is 0.898. The number of rotatable bonds is 4. The minimum atomic E-state index is -3.47. The van der Waals surface area contributed by atoms with E-state index in [1.54, 1.807) is 22.6 Å². The molecule has 2 aliphatic rings. The van der Waals surface area contributed by atoms with Crippen LogP contribution in [0.4, 0.5) is 5.82 Å². The highest BCUT2D eigenvalue weighted by molar-refractivity contribution is 7.89. The highest BCUT2D eigenvalue weighted by Crippen LogP contribution is 2.28. The number of pyridine rings is 1. The lowest BCUT2D eigenvalue weighted by atomic mass is 10.2.